The number of carbonyl (C=O) groups is 2. The molecule has 0 spiro atoms. The van der Waals surface area contributed by atoms with Gasteiger partial charge in [0.2, 0.25) is 0 Å². The lowest BCUT2D eigenvalue weighted by molar-refractivity contribution is -0.137. The van der Waals surface area contributed by atoms with Gasteiger partial charge in [-0.3, -0.25) is 19.7 Å². The minimum Gasteiger partial charge on any atom is -0.364 e. The Labute approximate surface area is 173 Å². The van der Waals surface area contributed by atoms with Crippen LogP contribution in [-0.2, 0) is 13.2 Å². The highest BCUT2D eigenvalue weighted by Crippen LogP contribution is 2.38. The molecule has 11 heteroatoms. The van der Waals surface area contributed by atoms with Crippen molar-refractivity contribution in [2.75, 3.05) is 5.43 Å². The number of pyridine rings is 1. The highest BCUT2D eigenvalue weighted by molar-refractivity contribution is 6.02. The number of hydrogen-bond acceptors (Lipinski definition) is 4. The second kappa shape index (κ2) is 7.27. The van der Waals surface area contributed by atoms with Crippen LogP contribution in [0.15, 0.2) is 54.7 Å². The monoisotopic (exact) mass is 428 g/mol. The summed E-state index contributed by atoms with van der Waals surface area (Å²) < 4.78 is 43.2. The molecule has 4 rings (SSSR count). The summed E-state index contributed by atoms with van der Waals surface area (Å²) in [5.41, 5.74) is 6.97. The molecule has 0 radical (unpaired) electrons. The van der Waals surface area contributed by atoms with Gasteiger partial charge in [-0.25, -0.2) is 9.66 Å². The van der Waals surface area contributed by atoms with Gasteiger partial charge in [0, 0.05) is 30.3 Å². The van der Waals surface area contributed by atoms with E-state index in [0.717, 1.165) is 10.7 Å². The summed E-state index contributed by atoms with van der Waals surface area (Å²) in [4.78, 5) is 28.4. The largest absolute Gasteiger partial charge is 0.417 e. The second-order valence-corrected chi connectivity index (χ2v) is 6.67. The van der Waals surface area contributed by atoms with Gasteiger partial charge >= 0.3 is 6.18 Å². The number of amides is 2. The van der Waals surface area contributed by atoms with Crippen LogP contribution in [0.4, 0.5) is 13.2 Å². The van der Waals surface area contributed by atoms with Gasteiger partial charge in [-0.2, -0.15) is 18.3 Å². The number of nitrogens with two attached hydrogens (primary N) is 1. The number of hydrogen-bond donors (Lipinski definition) is 2. The Hall–Kier alpha value is -4.15. The molecule has 158 valence electrons. The maximum absolute atomic E-state index is 13.6. The first kappa shape index (κ1) is 20.1. The number of alkyl halides is 3. The normalized spacial score (nSPS) is 11.6. The van der Waals surface area contributed by atoms with E-state index in [1.54, 1.807) is 12.1 Å². The van der Waals surface area contributed by atoms with Crippen molar-refractivity contribution in [3.05, 3.63) is 71.7 Å². The van der Waals surface area contributed by atoms with Crippen LogP contribution in [0.3, 0.4) is 0 Å². The van der Waals surface area contributed by atoms with Crippen LogP contribution in [0.2, 0.25) is 0 Å². The van der Waals surface area contributed by atoms with Crippen molar-refractivity contribution in [3.63, 3.8) is 0 Å². The van der Waals surface area contributed by atoms with Crippen molar-refractivity contribution in [1.29, 1.82) is 0 Å². The van der Waals surface area contributed by atoms with Crippen LogP contribution in [0.1, 0.15) is 26.5 Å². The van der Waals surface area contributed by atoms with E-state index in [2.05, 4.69) is 15.5 Å². The van der Waals surface area contributed by atoms with Crippen molar-refractivity contribution in [1.82, 2.24) is 19.4 Å². The first-order valence-electron chi connectivity index (χ1n) is 8.95. The van der Waals surface area contributed by atoms with E-state index >= 15 is 0 Å². The van der Waals surface area contributed by atoms with E-state index in [1.165, 1.54) is 48.3 Å². The minimum atomic E-state index is -4.60. The molecule has 3 aromatic heterocycles. The number of benzene rings is 1. The van der Waals surface area contributed by atoms with Gasteiger partial charge in [0.1, 0.15) is 5.69 Å². The zero-order valence-electron chi connectivity index (χ0n) is 16.0. The van der Waals surface area contributed by atoms with Crippen LogP contribution in [0.5, 0.6) is 0 Å². The van der Waals surface area contributed by atoms with Crippen molar-refractivity contribution in [3.8, 4) is 11.3 Å². The third-order valence-corrected chi connectivity index (χ3v) is 4.65. The molecule has 0 aliphatic carbocycles. The lowest BCUT2D eigenvalue weighted by Gasteiger charge is -2.16. The summed E-state index contributed by atoms with van der Waals surface area (Å²) in [5.74, 6) is -1.53. The van der Waals surface area contributed by atoms with Crippen LogP contribution < -0.4 is 11.2 Å². The van der Waals surface area contributed by atoms with Gasteiger partial charge < -0.3 is 5.73 Å². The summed E-state index contributed by atoms with van der Waals surface area (Å²) in [6.45, 7) is 0. The zero-order valence-corrected chi connectivity index (χ0v) is 16.0. The number of nitrogens with zero attached hydrogens (tertiary/aromatic N) is 4. The average molecular weight is 428 g/mol. The number of aromatic nitrogens is 4. The zero-order chi connectivity index (χ0) is 22.3. The molecule has 0 aliphatic heterocycles. The van der Waals surface area contributed by atoms with Gasteiger partial charge in [-0.15, -0.1) is 0 Å². The molecule has 31 heavy (non-hydrogen) atoms. The van der Waals surface area contributed by atoms with E-state index in [0.29, 0.717) is 5.39 Å². The van der Waals surface area contributed by atoms with E-state index in [1.807, 2.05) is 0 Å². The third kappa shape index (κ3) is 3.61. The first-order valence-corrected chi connectivity index (χ1v) is 8.95. The Morgan fingerprint density at radius 1 is 1.10 bits per heavy atom. The lowest BCUT2D eigenvalue weighted by Crippen LogP contribution is -2.26. The summed E-state index contributed by atoms with van der Waals surface area (Å²) in [6, 6.07) is 11.0. The van der Waals surface area contributed by atoms with E-state index in [4.69, 9.17) is 5.73 Å². The van der Waals surface area contributed by atoms with Gasteiger partial charge in [0.25, 0.3) is 11.8 Å². The molecule has 2 amide bonds. The standard InChI is InChI=1S/C20H15F3N6O2/c1-28-16(10-14(26-28)17(24)30)19(31)27-29-15(9-11-5-4-8-25-18(11)29)12-6-2-3-7-13(12)20(21,22)23/h2-10H,1H3,(H2,24,30)(H,27,31). The van der Waals surface area contributed by atoms with E-state index in [-0.39, 0.29) is 28.3 Å². The topological polar surface area (TPSA) is 108 Å². The molecular formula is C20H15F3N6O2. The Kier molecular flexibility index (Phi) is 4.72. The summed E-state index contributed by atoms with van der Waals surface area (Å²) >= 11 is 0. The molecule has 0 saturated carbocycles. The molecule has 8 nitrogen and oxygen atoms in total. The van der Waals surface area contributed by atoms with E-state index in [9.17, 15) is 22.8 Å². The van der Waals surface area contributed by atoms with Crippen LogP contribution in [0.25, 0.3) is 22.3 Å². The Balaban J connectivity index is 1.86. The summed E-state index contributed by atoms with van der Waals surface area (Å²) in [5, 5.41) is 4.38. The Morgan fingerprint density at radius 3 is 2.52 bits per heavy atom. The molecule has 0 bridgehead atoms. The van der Waals surface area contributed by atoms with Crippen molar-refractivity contribution < 1.29 is 22.8 Å². The SMILES string of the molecule is Cn1nc(C(N)=O)cc1C(=O)Nn1c(-c2ccccc2C(F)(F)F)cc2cccnc21. The molecule has 0 unspecified atom stereocenters. The predicted octanol–water partition coefficient (Wildman–Crippen LogP) is 2.94. The number of nitrogens with one attached hydrogen (secondary N) is 1. The molecular weight excluding hydrogens is 413 g/mol. The van der Waals surface area contributed by atoms with Crippen molar-refractivity contribution in [2.24, 2.45) is 12.8 Å². The van der Waals surface area contributed by atoms with Crippen molar-refractivity contribution >= 4 is 22.8 Å². The fourth-order valence-electron chi connectivity index (χ4n) is 3.26. The molecule has 0 atom stereocenters. The summed E-state index contributed by atoms with van der Waals surface area (Å²) in [6.07, 6.45) is -3.15. The molecule has 0 saturated heterocycles. The second-order valence-electron chi connectivity index (χ2n) is 6.67. The quantitative estimate of drug-likeness (QED) is 0.521. The van der Waals surface area contributed by atoms with Crippen LogP contribution in [0, 0.1) is 0 Å². The fraction of sp³-hybridized carbons (Fsp3) is 0.100. The van der Waals surface area contributed by atoms with Gasteiger partial charge in [0.15, 0.2) is 11.3 Å². The maximum Gasteiger partial charge on any atom is 0.417 e. The highest BCUT2D eigenvalue weighted by Gasteiger charge is 2.34. The van der Waals surface area contributed by atoms with Gasteiger partial charge in [-0.1, -0.05) is 18.2 Å². The number of fused-ring (bicyclic) bond motifs is 1. The molecule has 3 N–H and O–H groups in total. The third-order valence-electron chi connectivity index (χ3n) is 4.65. The molecule has 3 heterocycles. The maximum atomic E-state index is 13.6. The van der Waals surface area contributed by atoms with Crippen molar-refractivity contribution in [2.45, 2.75) is 6.18 Å². The van der Waals surface area contributed by atoms with E-state index < -0.39 is 23.6 Å². The average Bonchev–Trinajstić information content (AvgIpc) is 3.28. The minimum absolute atomic E-state index is 0.0124. The van der Waals surface area contributed by atoms with Crippen LogP contribution in [-0.4, -0.2) is 31.3 Å². The first-order chi connectivity index (χ1) is 14.7. The number of rotatable bonds is 4. The predicted molar refractivity (Wildman–Crippen MR) is 106 cm³/mol. The smallest absolute Gasteiger partial charge is 0.364 e. The molecule has 1 aromatic carbocycles. The Morgan fingerprint density at radius 2 is 1.84 bits per heavy atom. The summed E-state index contributed by atoms with van der Waals surface area (Å²) in [7, 11) is 1.44. The number of carbonyl (C=O) groups excluding carboxylic acids is 2. The fourth-order valence-corrected chi connectivity index (χ4v) is 3.26. The number of halogens is 3. The molecule has 4 aromatic rings. The number of primary amides is 1. The lowest BCUT2D eigenvalue weighted by atomic mass is 10.0. The number of aryl methyl sites for hydroxylation is 1. The Bertz CT molecular complexity index is 1320. The molecule has 0 aliphatic rings. The van der Waals surface area contributed by atoms with Crippen LogP contribution >= 0.6 is 0 Å². The van der Waals surface area contributed by atoms with Gasteiger partial charge in [-0.05, 0) is 24.3 Å². The van der Waals surface area contributed by atoms with Gasteiger partial charge in [0.05, 0.1) is 11.3 Å². The molecule has 0 fully saturated rings. The highest BCUT2D eigenvalue weighted by atomic mass is 19.4.